The molecule has 1 saturated carbocycles. The zero-order chi connectivity index (χ0) is 9.90. The van der Waals surface area contributed by atoms with Crippen LogP contribution in [0.25, 0.3) is 0 Å². The van der Waals surface area contributed by atoms with Gasteiger partial charge in [-0.05, 0) is 19.8 Å². The summed E-state index contributed by atoms with van der Waals surface area (Å²) in [5.74, 6) is -0.136. The van der Waals surface area contributed by atoms with Crippen molar-refractivity contribution in [3.8, 4) is 0 Å². The van der Waals surface area contributed by atoms with E-state index in [0.29, 0.717) is 0 Å². The third-order valence-corrected chi connectivity index (χ3v) is 2.08. The number of nitrogens with one attached hydrogen (secondary N) is 3. The zero-order valence-corrected chi connectivity index (χ0v) is 7.94. The van der Waals surface area contributed by atoms with E-state index in [4.69, 9.17) is 0 Å². The van der Waals surface area contributed by atoms with Crippen molar-refractivity contribution in [2.45, 2.75) is 25.3 Å². The van der Waals surface area contributed by atoms with Crippen molar-refractivity contribution in [2.24, 2.45) is 0 Å². The van der Waals surface area contributed by atoms with Crippen molar-refractivity contribution in [1.29, 1.82) is 0 Å². The topological polar surface area (TPSA) is 70.2 Å². The zero-order valence-electron chi connectivity index (χ0n) is 7.94. The van der Waals surface area contributed by atoms with Crippen molar-refractivity contribution in [3.05, 3.63) is 0 Å². The summed E-state index contributed by atoms with van der Waals surface area (Å²) in [6.07, 6.45) is 2.05. The van der Waals surface area contributed by atoms with Crippen molar-refractivity contribution in [3.63, 3.8) is 0 Å². The highest BCUT2D eigenvalue weighted by atomic mass is 16.2. The molecule has 1 aliphatic carbocycles. The van der Waals surface area contributed by atoms with E-state index in [1.165, 1.54) is 7.05 Å². The fraction of sp³-hybridized carbons (Fsp3) is 0.750. The molecular weight excluding hydrogens is 170 g/mol. The number of amides is 3. The van der Waals surface area contributed by atoms with Crippen LogP contribution in [0.2, 0.25) is 0 Å². The average molecular weight is 185 g/mol. The minimum atomic E-state index is -0.337. The third kappa shape index (κ3) is 3.31. The molecule has 1 fully saturated rings. The maximum Gasteiger partial charge on any atom is 0.314 e. The van der Waals surface area contributed by atoms with E-state index >= 15 is 0 Å². The first-order valence-electron chi connectivity index (χ1n) is 4.32. The molecule has 5 heteroatoms. The van der Waals surface area contributed by atoms with Gasteiger partial charge in [0.15, 0.2) is 0 Å². The van der Waals surface area contributed by atoms with Crippen LogP contribution in [0.5, 0.6) is 0 Å². The van der Waals surface area contributed by atoms with Gasteiger partial charge < -0.3 is 16.0 Å². The van der Waals surface area contributed by atoms with Gasteiger partial charge in [0, 0.05) is 12.6 Å². The van der Waals surface area contributed by atoms with Crippen LogP contribution in [0.3, 0.4) is 0 Å². The Morgan fingerprint density at radius 1 is 1.38 bits per heavy atom. The summed E-state index contributed by atoms with van der Waals surface area (Å²) in [7, 11) is 1.51. The lowest BCUT2D eigenvalue weighted by Gasteiger charge is -2.11. The van der Waals surface area contributed by atoms with Gasteiger partial charge in [-0.1, -0.05) is 0 Å². The smallest absolute Gasteiger partial charge is 0.314 e. The van der Waals surface area contributed by atoms with Crippen LogP contribution >= 0.6 is 0 Å². The predicted molar refractivity (Wildman–Crippen MR) is 48.2 cm³/mol. The average Bonchev–Trinajstić information content (AvgIpc) is 2.79. The second kappa shape index (κ2) is 3.64. The molecule has 1 rings (SSSR count). The lowest BCUT2D eigenvalue weighted by atomic mass is 10.3. The third-order valence-electron chi connectivity index (χ3n) is 2.08. The Morgan fingerprint density at radius 2 is 2.00 bits per heavy atom. The normalized spacial score (nSPS) is 17.4. The van der Waals surface area contributed by atoms with Gasteiger partial charge in [0.1, 0.15) is 0 Å². The second-order valence-corrected chi connectivity index (χ2v) is 3.54. The molecule has 1 aliphatic rings. The molecule has 0 atom stereocenters. The van der Waals surface area contributed by atoms with Gasteiger partial charge in [-0.3, -0.25) is 4.79 Å². The van der Waals surface area contributed by atoms with Crippen LogP contribution in [-0.2, 0) is 4.79 Å². The van der Waals surface area contributed by atoms with E-state index in [1.807, 2.05) is 6.92 Å². The summed E-state index contributed by atoms with van der Waals surface area (Å²) in [4.78, 5) is 21.9. The molecule has 0 aromatic carbocycles. The van der Waals surface area contributed by atoms with Gasteiger partial charge in [-0.15, -0.1) is 0 Å². The van der Waals surface area contributed by atoms with E-state index < -0.39 is 0 Å². The minimum Gasteiger partial charge on any atom is -0.349 e. The van der Waals surface area contributed by atoms with Gasteiger partial charge in [0.2, 0.25) is 5.91 Å². The fourth-order valence-electron chi connectivity index (χ4n) is 0.942. The molecule has 5 nitrogen and oxygen atoms in total. The lowest BCUT2D eigenvalue weighted by molar-refractivity contribution is -0.120. The van der Waals surface area contributed by atoms with Crippen molar-refractivity contribution >= 4 is 11.9 Å². The van der Waals surface area contributed by atoms with Gasteiger partial charge in [-0.25, -0.2) is 4.79 Å². The molecule has 0 bridgehead atoms. The Bertz CT molecular complexity index is 223. The van der Waals surface area contributed by atoms with Gasteiger partial charge >= 0.3 is 6.03 Å². The first-order valence-corrected chi connectivity index (χ1v) is 4.32. The Morgan fingerprint density at radius 3 is 2.46 bits per heavy atom. The van der Waals surface area contributed by atoms with Gasteiger partial charge in [0.25, 0.3) is 0 Å². The van der Waals surface area contributed by atoms with Crippen LogP contribution in [0.4, 0.5) is 4.79 Å². The molecule has 74 valence electrons. The summed E-state index contributed by atoms with van der Waals surface area (Å²) in [6, 6.07) is -0.337. The highest BCUT2D eigenvalue weighted by Gasteiger charge is 2.38. The molecule has 0 saturated heterocycles. The molecule has 0 heterocycles. The Labute approximate surface area is 77.3 Å². The van der Waals surface area contributed by atoms with Crippen molar-refractivity contribution < 1.29 is 9.59 Å². The Kier molecular flexibility index (Phi) is 2.75. The Hall–Kier alpha value is -1.26. The van der Waals surface area contributed by atoms with Crippen LogP contribution in [0.15, 0.2) is 0 Å². The predicted octanol–water partition coefficient (Wildman–Crippen LogP) is -0.416. The summed E-state index contributed by atoms with van der Waals surface area (Å²) in [6.45, 7) is 2.03. The maximum atomic E-state index is 11.2. The number of carbonyl (C=O) groups is 2. The molecule has 0 aromatic rings. The number of rotatable bonds is 3. The SMILES string of the molecule is CNC(=O)NCC(=O)NC1(C)CC1. The molecule has 0 unspecified atom stereocenters. The minimum absolute atomic E-state index is 0.0124. The lowest BCUT2D eigenvalue weighted by Crippen LogP contribution is -2.44. The van der Waals surface area contributed by atoms with Gasteiger partial charge in [0.05, 0.1) is 6.54 Å². The van der Waals surface area contributed by atoms with Crippen molar-refractivity contribution in [1.82, 2.24) is 16.0 Å². The standard InChI is InChI=1S/C8H15N3O2/c1-8(3-4-8)11-6(12)5-10-7(13)9-2/h3-5H2,1-2H3,(H,11,12)(H2,9,10,13). The number of hydrogen-bond acceptors (Lipinski definition) is 2. The quantitative estimate of drug-likeness (QED) is 0.559. The molecule has 0 aromatic heterocycles. The fourth-order valence-corrected chi connectivity index (χ4v) is 0.942. The summed E-state index contributed by atoms with van der Waals surface area (Å²) in [5, 5.41) is 7.62. The molecular formula is C8H15N3O2. The van der Waals surface area contributed by atoms with Crippen LogP contribution < -0.4 is 16.0 Å². The van der Waals surface area contributed by atoms with E-state index in [9.17, 15) is 9.59 Å². The summed E-state index contributed by atoms with van der Waals surface area (Å²) in [5.41, 5.74) is -0.0124. The maximum absolute atomic E-state index is 11.2. The molecule has 0 spiro atoms. The monoisotopic (exact) mass is 185 g/mol. The summed E-state index contributed by atoms with van der Waals surface area (Å²) >= 11 is 0. The molecule has 0 aliphatic heterocycles. The van der Waals surface area contributed by atoms with Crippen LogP contribution in [-0.4, -0.2) is 31.1 Å². The summed E-state index contributed by atoms with van der Waals surface area (Å²) < 4.78 is 0. The van der Waals surface area contributed by atoms with Crippen LogP contribution in [0, 0.1) is 0 Å². The number of urea groups is 1. The number of carbonyl (C=O) groups excluding carboxylic acids is 2. The highest BCUT2D eigenvalue weighted by Crippen LogP contribution is 2.33. The highest BCUT2D eigenvalue weighted by molar-refractivity contribution is 5.84. The van der Waals surface area contributed by atoms with Crippen molar-refractivity contribution in [2.75, 3.05) is 13.6 Å². The van der Waals surface area contributed by atoms with Crippen LogP contribution in [0.1, 0.15) is 19.8 Å². The Balaban J connectivity index is 2.14. The molecule has 3 N–H and O–H groups in total. The first-order chi connectivity index (χ1) is 6.06. The molecule has 0 radical (unpaired) electrons. The first kappa shape index (κ1) is 9.83. The molecule has 13 heavy (non-hydrogen) atoms. The van der Waals surface area contributed by atoms with E-state index in [2.05, 4.69) is 16.0 Å². The largest absolute Gasteiger partial charge is 0.349 e. The van der Waals surface area contributed by atoms with E-state index in [0.717, 1.165) is 12.8 Å². The molecule has 3 amide bonds. The van der Waals surface area contributed by atoms with E-state index in [1.54, 1.807) is 0 Å². The van der Waals surface area contributed by atoms with Gasteiger partial charge in [-0.2, -0.15) is 0 Å². The van der Waals surface area contributed by atoms with E-state index in [-0.39, 0.29) is 24.0 Å². The second-order valence-electron chi connectivity index (χ2n) is 3.54. The number of hydrogen-bond donors (Lipinski definition) is 3.